The third kappa shape index (κ3) is 3.70. The molecule has 0 saturated carbocycles. The van der Waals surface area contributed by atoms with Gasteiger partial charge in [0.15, 0.2) is 5.78 Å². The van der Waals surface area contributed by atoms with Crippen molar-refractivity contribution in [1.82, 2.24) is 5.32 Å². The van der Waals surface area contributed by atoms with Gasteiger partial charge in [-0.3, -0.25) is 9.59 Å². The number of Topliss-reactive ketones (excluding diaryl/α,β-unsaturated/α-hetero) is 1. The van der Waals surface area contributed by atoms with Gasteiger partial charge in [-0.15, -0.1) is 0 Å². The molecule has 0 aliphatic carbocycles. The van der Waals surface area contributed by atoms with E-state index < -0.39 is 0 Å². The Morgan fingerprint density at radius 1 is 1.06 bits per heavy atom. The molecule has 3 heteroatoms. The van der Waals surface area contributed by atoms with Crippen molar-refractivity contribution in [2.24, 2.45) is 5.92 Å². The molecular weight excluding hydrogens is 214 g/mol. The van der Waals surface area contributed by atoms with Crippen molar-refractivity contribution in [3.63, 3.8) is 0 Å². The van der Waals surface area contributed by atoms with Crippen molar-refractivity contribution in [3.05, 3.63) is 35.4 Å². The van der Waals surface area contributed by atoms with E-state index in [0.29, 0.717) is 5.56 Å². The lowest BCUT2D eigenvalue weighted by atomic mass is 10.0. The lowest BCUT2D eigenvalue weighted by Crippen LogP contribution is -2.30. The summed E-state index contributed by atoms with van der Waals surface area (Å²) in [5, 5.41) is 2.92. The van der Waals surface area contributed by atoms with E-state index in [9.17, 15) is 9.59 Å². The monoisotopic (exact) mass is 233 g/mol. The van der Waals surface area contributed by atoms with Gasteiger partial charge in [-0.2, -0.15) is 0 Å². The predicted molar refractivity (Wildman–Crippen MR) is 67.8 cm³/mol. The highest BCUT2D eigenvalue weighted by Gasteiger charge is 2.12. The van der Waals surface area contributed by atoms with Crippen LogP contribution in [0, 0.1) is 5.92 Å². The summed E-state index contributed by atoms with van der Waals surface area (Å²) in [5.41, 5.74) is 1.69. The molecule has 1 aromatic rings. The quantitative estimate of drug-likeness (QED) is 0.813. The number of carbonyl (C=O) groups excluding carboxylic acids is 2. The van der Waals surface area contributed by atoms with Gasteiger partial charge in [0.05, 0.1) is 6.04 Å². The van der Waals surface area contributed by atoms with Crippen molar-refractivity contribution < 1.29 is 9.59 Å². The maximum atomic E-state index is 11.5. The zero-order valence-corrected chi connectivity index (χ0v) is 10.8. The first-order chi connectivity index (χ1) is 7.91. The van der Waals surface area contributed by atoms with Crippen molar-refractivity contribution in [3.8, 4) is 0 Å². The summed E-state index contributed by atoms with van der Waals surface area (Å²) in [4.78, 5) is 22.7. The molecule has 0 bridgehead atoms. The van der Waals surface area contributed by atoms with Crippen LogP contribution in [0.15, 0.2) is 24.3 Å². The van der Waals surface area contributed by atoms with E-state index in [0.717, 1.165) is 5.56 Å². The molecule has 17 heavy (non-hydrogen) atoms. The van der Waals surface area contributed by atoms with Crippen LogP contribution in [-0.4, -0.2) is 11.7 Å². The molecule has 0 unspecified atom stereocenters. The smallest absolute Gasteiger partial charge is 0.223 e. The zero-order chi connectivity index (χ0) is 13.0. The molecule has 1 rings (SSSR count). The first-order valence-corrected chi connectivity index (χ1v) is 5.83. The molecule has 1 atom stereocenters. The van der Waals surface area contributed by atoms with Crippen LogP contribution in [0.3, 0.4) is 0 Å². The van der Waals surface area contributed by atoms with Crippen LogP contribution < -0.4 is 5.32 Å². The normalized spacial score (nSPS) is 12.3. The molecule has 1 amide bonds. The van der Waals surface area contributed by atoms with Crippen molar-refractivity contribution >= 4 is 11.7 Å². The van der Waals surface area contributed by atoms with Crippen LogP contribution in [0.2, 0.25) is 0 Å². The number of carbonyl (C=O) groups is 2. The minimum absolute atomic E-state index is 0.0195. The molecule has 0 saturated heterocycles. The second-order valence-electron chi connectivity index (χ2n) is 4.56. The van der Waals surface area contributed by atoms with Gasteiger partial charge >= 0.3 is 0 Å². The summed E-state index contributed by atoms with van der Waals surface area (Å²) < 4.78 is 0. The van der Waals surface area contributed by atoms with E-state index in [4.69, 9.17) is 0 Å². The predicted octanol–water partition coefficient (Wildman–Crippen LogP) is 2.72. The molecule has 0 spiro atoms. The Kier molecular flexibility index (Phi) is 4.44. The number of benzene rings is 1. The van der Waals surface area contributed by atoms with Gasteiger partial charge in [0.2, 0.25) is 5.91 Å². The molecule has 92 valence electrons. The van der Waals surface area contributed by atoms with E-state index in [1.54, 1.807) is 19.1 Å². The summed E-state index contributed by atoms with van der Waals surface area (Å²) in [6.07, 6.45) is 0. The average molecular weight is 233 g/mol. The van der Waals surface area contributed by atoms with Crippen LogP contribution in [-0.2, 0) is 4.79 Å². The summed E-state index contributed by atoms with van der Waals surface area (Å²) in [7, 11) is 0. The number of nitrogens with one attached hydrogen (secondary N) is 1. The minimum Gasteiger partial charge on any atom is -0.349 e. The standard InChI is InChI=1S/C14H19NO2/c1-9(2)14(17)15-10(3)12-5-7-13(8-6-12)11(4)16/h5-10H,1-4H3,(H,15,17)/t10-/m0/s1. The lowest BCUT2D eigenvalue weighted by molar-refractivity contribution is -0.124. The van der Waals surface area contributed by atoms with Crippen LogP contribution in [0.4, 0.5) is 0 Å². The highest BCUT2D eigenvalue weighted by atomic mass is 16.2. The molecule has 1 aromatic carbocycles. The van der Waals surface area contributed by atoms with E-state index >= 15 is 0 Å². The van der Waals surface area contributed by atoms with Gasteiger partial charge in [0, 0.05) is 11.5 Å². The number of ketones is 1. The molecule has 1 N–H and O–H groups in total. The Hall–Kier alpha value is -1.64. The highest BCUT2D eigenvalue weighted by Crippen LogP contribution is 2.14. The van der Waals surface area contributed by atoms with E-state index in [-0.39, 0.29) is 23.7 Å². The third-order valence-corrected chi connectivity index (χ3v) is 2.70. The van der Waals surface area contributed by atoms with Gasteiger partial charge in [-0.1, -0.05) is 38.1 Å². The maximum absolute atomic E-state index is 11.5. The van der Waals surface area contributed by atoms with Crippen LogP contribution in [0.5, 0.6) is 0 Å². The van der Waals surface area contributed by atoms with Crippen LogP contribution in [0.1, 0.15) is 49.7 Å². The first-order valence-electron chi connectivity index (χ1n) is 5.83. The fraction of sp³-hybridized carbons (Fsp3) is 0.429. The van der Waals surface area contributed by atoms with E-state index in [2.05, 4.69) is 5.32 Å². The number of hydrogen-bond donors (Lipinski definition) is 1. The number of hydrogen-bond acceptors (Lipinski definition) is 2. The molecule has 0 heterocycles. The largest absolute Gasteiger partial charge is 0.349 e. The molecule has 0 aromatic heterocycles. The average Bonchev–Trinajstić information content (AvgIpc) is 2.28. The Morgan fingerprint density at radius 3 is 2.00 bits per heavy atom. The Bertz CT molecular complexity index is 407. The topological polar surface area (TPSA) is 46.2 Å². The molecular formula is C14H19NO2. The number of amides is 1. The Balaban J connectivity index is 2.73. The fourth-order valence-corrected chi connectivity index (χ4v) is 1.47. The maximum Gasteiger partial charge on any atom is 0.223 e. The molecule has 0 radical (unpaired) electrons. The van der Waals surface area contributed by atoms with Crippen molar-refractivity contribution in [1.29, 1.82) is 0 Å². The van der Waals surface area contributed by atoms with Crippen molar-refractivity contribution in [2.75, 3.05) is 0 Å². The third-order valence-electron chi connectivity index (χ3n) is 2.70. The van der Waals surface area contributed by atoms with Gasteiger partial charge in [0.25, 0.3) is 0 Å². The number of rotatable bonds is 4. The summed E-state index contributed by atoms with van der Waals surface area (Å²) in [6.45, 7) is 7.20. The van der Waals surface area contributed by atoms with E-state index in [1.807, 2.05) is 32.9 Å². The first kappa shape index (κ1) is 13.4. The molecule has 0 aliphatic heterocycles. The molecule has 0 aliphatic rings. The Labute approximate surface area is 102 Å². The van der Waals surface area contributed by atoms with E-state index in [1.165, 1.54) is 0 Å². The van der Waals surface area contributed by atoms with Gasteiger partial charge in [-0.25, -0.2) is 0 Å². The Morgan fingerprint density at radius 2 is 1.59 bits per heavy atom. The lowest BCUT2D eigenvalue weighted by Gasteiger charge is -2.16. The van der Waals surface area contributed by atoms with Gasteiger partial charge in [-0.05, 0) is 19.4 Å². The summed E-state index contributed by atoms with van der Waals surface area (Å²) >= 11 is 0. The minimum atomic E-state index is -0.0362. The van der Waals surface area contributed by atoms with Crippen LogP contribution in [0.25, 0.3) is 0 Å². The van der Waals surface area contributed by atoms with Gasteiger partial charge < -0.3 is 5.32 Å². The SMILES string of the molecule is CC(=O)c1ccc([C@H](C)NC(=O)C(C)C)cc1. The van der Waals surface area contributed by atoms with Crippen LogP contribution >= 0.6 is 0 Å². The second-order valence-corrected chi connectivity index (χ2v) is 4.56. The van der Waals surface area contributed by atoms with Crippen molar-refractivity contribution in [2.45, 2.75) is 33.7 Å². The molecule has 0 fully saturated rings. The van der Waals surface area contributed by atoms with Gasteiger partial charge in [0.1, 0.15) is 0 Å². The molecule has 3 nitrogen and oxygen atoms in total. The summed E-state index contributed by atoms with van der Waals surface area (Å²) in [6, 6.07) is 7.29. The fourth-order valence-electron chi connectivity index (χ4n) is 1.47. The summed E-state index contributed by atoms with van der Waals surface area (Å²) in [5.74, 6) is 0.0671. The zero-order valence-electron chi connectivity index (χ0n) is 10.8. The highest BCUT2D eigenvalue weighted by molar-refractivity contribution is 5.94. The second kappa shape index (κ2) is 5.62.